The molecule has 1 aromatic heterocycles. The zero-order chi connectivity index (χ0) is 15.5. The largest absolute Gasteiger partial charge is 0.335 e. The van der Waals surface area contributed by atoms with E-state index in [1.807, 2.05) is 30.3 Å². The number of benzene rings is 2. The van der Waals surface area contributed by atoms with Crippen molar-refractivity contribution >= 4 is 11.6 Å². The SMILES string of the molecule is O=c1ccn(Cc2ccccc2)c(=O)n1-c1cccc(Cl)c1. The smallest absolute Gasteiger partial charge is 0.296 e. The topological polar surface area (TPSA) is 44.0 Å². The van der Waals surface area contributed by atoms with Crippen LogP contribution in [0.1, 0.15) is 5.56 Å². The third kappa shape index (κ3) is 2.87. The lowest BCUT2D eigenvalue weighted by Gasteiger charge is -2.10. The lowest BCUT2D eigenvalue weighted by molar-refractivity contribution is 0.682. The third-order valence-electron chi connectivity index (χ3n) is 3.32. The van der Waals surface area contributed by atoms with Gasteiger partial charge < -0.3 is 0 Å². The van der Waals surface area contributed by atoms with Crippen molar-refractivity contribution in [3.63, 3.8) is 0 Å². The Hall–Kier alpha value is -2.59. The second-order valence-corrected chi connectivity index (χ2v) is 5.30. The summed E-state index contributed by atoms with van der Waals surface area (Å²) < 4.78 is 2.62. The minimum absolute atomic E-state index is 0.378. The van der Waals surface area contributed by atoms with E-state index in [9.17, 15) is 9.59 Å². The van der Waals surface area contributed by atoms with E-state index in [1.54, 1.807) is 24.3 Å². The number of nitrogens with zero attached hydrogens (tertiary/aromatic N) is 2. The van der Waals surface area contributed by atoms with Crippen molar-refractivity contribution in [1.29, 1.82) is 0 Å². The Labute approximate surface area is 131 Å². The van der Waals surface area contributed by atoms with E-state index < -0.39 is 5.69 Å². The molecule has 0 saturated carbocycles. The van der Waals surface area contributed by atoms with Crippen LogP contribution in [0.5, 0.6) is 0 Å². The summed E-state index contributed by atoms with van der Waals surface area (Å²) in [5.74, 6) is 0. The standard InChI is InChI=1S/C17H13ClN2O2/c18-14-7-4-8-15(11-14)20-16(21)9-10-19(17(20)22)12-13-5-2-1-3-6-13/h1-11H,12H2. The zero-order valence-corrected chi connectivity index (χ0v) is 12.4. The molecule has 5 heteroatoms. The summed E-state index contributed by atoms with van der Waals surface area (Å²) in [5, 5.41) is 0.474. The molecule has 4 nitrogen and oxygen atoms in total. The second kappa shape index (κ2) is 6.03. The van der Waals surface area contributed by atoms with Gasteiger partial charge in [0.05, 0.1) is 12.2 Å². The van der Waals surface area contributed by atoms with Gasteiger partial charge in [0.1, 0.15) is 0 Å². The summed E-state index contributed by atoms with van der Waals surface area (Å²) in [6.45, 7) is 0.403. The molecule has 0 spiro atoms. The molecule has 0 aliphatic heterocycles. The summed E-state index contributed by atoms with van der Waals surface area (Å²) in [6.07, 6.45) is 1.51. The van der Waals surface area contributed by atoms with Crippen molar-refractivity contribution in [2.45, 2.75) is 6.54 Å². The molecule has 1 heterocycles. The van der Waals surface area contributed by atoms with Gasteiger partial charge in [-0.15, -0.1) is 0 Å². The Kier molecular flexibility index (Phi) is 3.94. The molecule has 0 bridgehead atoms. The van der Waals surface area contributed by atoms with Gasteiger partial charge in [-0.05, 0) is 23.8 Å². The number of hydrogen-bond donors (Lipinski definition) is 0. The second-order valence-electron chi connectivity index (χ2n) is 4.87. The predicted octanol–water partition coefficient (Wildman–Crippen LogP) is 2.70. The molecule has 0 amide bonds. The highest BCUT2D eigenvalue weighted by atomic mass is 35.5. The summed E-state index contributed by atoms with van der Waals surface area (Å²) in [6, 6.07) is 17.7. The maximum atomic E-state index is 12.6. The quantitative estimate of drug-likeness (QED) is 0.746. The van der Waals surface area contributed by atoms with E-state index in [-0.39, 0.29) is 5.56 Å². The van der Waals surface area contributed by atoms with E-state index in [1.165, 1.54) is 16.8 Å². The van der Waals surface area contributed by atoms with Gasteiger partial charge in [0.2, 0.25) is 0 Å². The number of hydrogen-bond acceptors (Lipinski definition) is 2. The molecule has 110 valence electrons. The minimum Gasteiger partial charge on any atom is -0.296 e. The van der Waals surface area contributed by atoms with Crippen molar-refractivity contribution in [2.24, 2.45) is 0 Å². The molecule has 3 aromatic rings. The van der Waals surface area contributed by atoms with Gasteiger partial charge in [-0.1, -0.05) is 48.0 Å². The summed E-state index contributed by atoms with van der Waals surface area (Å²) in [4.78, 5) is 24.7. The van der Waals surface area contributed by atoms with E-state index in [0.717, 1.165) is 10.1 Å². The Morgan fingerprint density at radius 1 is 0.909 bits per heavy atom. The highest BCUT2D eigenvalue weighted by Crippen LogP contribution is 2.12. The van der Waals surface area contributed by atoms with E-state index in [4.69, 9.17) is 11.6 Å². The molecule has 0 saturated heterocycles. The van der Waals surface area contributed by atoms with E-state index in [2.05, 4.69) is 0 Å². The van der Waals surface area contributed by atoms with Crippen LogP contribution in [0.3, 0.4) is 0 Å². The first-order chi connectivity index (χ1) is 10.6. The average molecular weight is 313 g/mol. The van der Waals surface area contributed by atoms with Crippen molar-refractivity contribution in [2.75, 3.05) is 0 Å². The minimum atomic E-state index is -0.390. The van der Waals surface area contributed by atoms with Gasteiger partial charge in [0, 0.05) is 17.3 Å². The average Bonchev–Trinajstić information content (AvgIpc) is 2.51. The van der Waals surface area contributed by atoms with Crippen LogP contribution in [0.2, 0.25) is 5.02 Å². The molecule has 22 heavy (non-hydrogen) atoms. The van der Waals surface area contributed by atoms with Crippen molar-refractivity contribution in [3.8, 4) is 5.69 Å². The van der Waals surface area contributed by atoms with E-state index in [0.29, 0.717) is 17.3 Å². The first-order valence-electron chi connectivity index (χ1n) is 6.77. The molecule has 0 N–H and O–H groups in total. The number of halogens is 1. The molecule has 0 atom stereocenters. The number of aromatic nitrogens is 2. The van der Waals surface area contributed by atoms with Crippen LogP contribution in [0.25, 0.3) is 5.69 Å². The molecule has 2 aromatic carbocycles. The molecule has 0 fully saturated rings. The van der Waals surface area contributed by atoms with Crippen molar-refractivity contribution in [3.05, 3.63) is 98.3 Å². The molecule has 0 aliphatic rings. The first kappa shape index (κ1) is 14.4. The zero-order valence-electron chi connectivity index (χ0n) is 11.6. The van der Waals surface area contributed by atoms with Gasteiger partial charge in [-0.3, -0.25) is 9.36 Å². The van der Waals surface area contributed by atoms with Crippen LogP contribution in [-0.4, -0.2) is 9.13 Å². The van der Waals surface area contributed by atoms with Gasteiger partial charge >= 0.3 is 5.69 Å². The van der Waals surface area contributed by atoms with Gasteiger partial charge in [0.15, 0.2) is 0 Å². The van der Waals surface area contributed by atoms with Crippen molar-refractivity contribution < 1.29 is 0 Å². The molecule has 0 unspecified atom stereocenters. The fraction of sp³-hybridized carbons (Fsp3) is 0.0588. The lowest BCUT2D eigenvalue weighted by Crippen LogP contribution is -2.37. The Morgan fingerprint density at radius 3 is 2.41 bits per heavy atom. The van der Waals surface area contributed by atoms with Crippen LogP contribution >= 0.6 is 11.6 Å². The van der Waals surface area contributed by atoms with E-state index >= 15 is 0 Å². The first-order valence-corrected chi connectivity index (χ1v) is 7.15. The van der Waals surface area contributed by atoms with Crippen molar-refractivity contribution in [1.82, 2.24) is 9.13 Å². The lowest BCUT2D eigenvalue weighted by atomic mass is 10.2. The summed E-state index contributed by atoms with van der Waals surface area (Å²) in [5.41, 5.74) is 0.681. The van der Waals surface area contributed by atoms with Crippen LogP contribution in [0.4, 0.5) is 0 Å². The molecular formula is C17H13ClN2O2. The highest BCUT2D eigenvalue weighted by molar-refractivity contribution is 6.30. The monoisotopic (exact) mass is 312 g/mol. The highest BCUT2D eigenvalue weighted by Gasteiger charge is 2.08. The van der Waals surface area contributed by atoms with Crippen LogP contribution in [0.15, 0.2) is 76.4 Å². The predicted molar refractivity (Wildman–Crippen MR) is 86.9 cm³/mol. The third-order valence-corrected chi connectivity index (χ3v) is 3.55. The van der Waals surface area contributed by atoms with Crippen LogP contribution in [0, 0.1) is 0 Å². The fourth-order valence-electron chi connectivity index (χ4n) is 2.27. The van der Waals surface area contributed by atoms with Gasteiger partial charge in [0.25, 0.3) is 5.56 Å². The molecule has 3 rings (SSSR count). The van der Waals surface area contributed by atoms with Gasteiger partial charge in [-0.25, -0.2) is 9.36 Å². The summed E-state index contributed by atoms with van der Waals surface area (Å²) in [7, 11) is 0. The fourth-order valence-corrected chi connectivity index (χ4v) is 2.45. The summed E-state index contributed by atoms with van der Waals surface area (Å²) >= 11 is 5.94. The van der Waals surface area contributed by atoms with Crippen LogP contribution < -0.4 is 11.2 Å². The van der Waals surface area contributed by atoms with Crippen LogP contribution in [-0.2, 0) is 6.54 Å². The molecule has 0 aliphatic carbocycles. The maximum Gasteiger partial charge on any atom is 0.335 e. The molecular weight excluding hydrogens is 300 g/mol. The molecule has 0 radical (unpaired) electrons. The Bertz CT molecular complexity index is 914. The van der Waals surface area contributed by atoms with Gasteiger partial charge in [-0.2, -0.15) is 0 Å². The maximum absolute atomic E-state index is 12.6. The normalized spacial score (nSPS) is 10.6. The Morgan fingerprint density at radius 2 is 1.68 bits per heavy atom. The Balaban J connectivity index is 2.11. The number of rotatable bonds is 3.